The number of esters is 1. The third kappa shape index (κ3) is 4.74. The average Bonchev–Trinajstić information content (AvgIpc) is 2.63. The van der Waals surface area contributed by atoms with Crippen molar-refractivity contribution in [2.45, 2.75) is 13.8 Å². The number of methoxy groups -OCH3 is 1. The first-order valence-corrected chi connectivity index (χ1v) is 8.66. The van der Waals surface area contributed by atoms with E-state index in [0.29, 0.717) is 28.0 Å². The lowest BCUT2D eigenvalue weighted by molar-refractivity contribution is 0.0601. The SMILES string of the molecule is COC(=O)c1cccc(Nc2cc(Nc3ccc(Cl)cc3C)nc(C)n2)c1. The quantitative estimate of drug-likeness (QED) is 0.603. The number of hydrogen-bond acceptors (Lipinski definition) is 6. The Morgan fingerprint density at radius 3 is 2.44 bits per heavy atom. The minimum Gasteiger partial charge on any atom is -0.465 e. The van der Waals surface area contributed by atoms with Crippen molar-refractivity contribution < 1.29 is 9.53 Å². The second kappa shape index (κ2) is 8.05. The molecule has 27 heavy (non-hydrogen) atoms. The molecule has 0 saturated carbocycles. The van der Waals surface area contributed by atoms with E-state index in [9.17, 15) is 4.79 Å². The van der Waals surface area contributed by atoms with Gasteiger partial charge in [-0.1, -0.05) is 17.7 Å². The molecule has 0 atom stereocenters. The molecule has 0 aliphatic heterocycles. The first-order chi connectivity index (χ1) is 12.9. The largest absolute Gasteiger partial charge is 0.465 e. The third-order valence-electron chi connectivity index (χ3n) is 3.85. The Balaban J connectivity index is 1.84. The van der Waals surface area contributed by atoms with Gasteiger partial charge in [0.15, 0.2) is 0 Å². The summed E-state index contributed by atoms with van der Waals surface area (Å²) in [6.07, 6.45) is 0. The van der Waals surface area contributed by atoms with Crippen molar-refractivity contribution in [3.05, 3.63) is 70.5 Å². The maximum Gasteiger partial charge on any atom is 0.337 e. The maximum absolute atomic E-state index is 11.7. The van der Waals surface area contributed by atoms with Crippen LogP contribution >= 0.6 is 11.6 Å². The molecule has 6 nitrogen and oxygen atoms in total. The van der Waals surface area contributed by atoms with Crippen LogP contribution in [0, 0.1) is 13.8 Å². The van der Waals surface area contributed by atoms with E-state index in [0.717, 1.165) is 16.9 Å². The van der Waals surface area contributed by atoms with Crippen molar-refractivity contribution >= 4 is 40.6 Å². The molecule has 1 aromatic heterocycles. The van der Waals surface area contributed by atoms with Gasteiger partial charge in [0.1, 0.15) is 17.5 Å². The Morgan fingerprint density at radius 2 is 1.74 bits per heavy atom. The number of carbonyl (C=O) groups is 1. The van der Waals surface area contributed by atoms with E-state index >= 15 is 0 Å². The summed E-state index contributed by atoms with van der Waals surface area (Å²) >= 11 is 6.01. The second-order valence-corrected chi connectivity index (χ2v) is 6.40. The lowest BCUT2D eigenvalue weighted by Gasteiger charge is -2.12. The minimum absolute atomic E-state index is 0.391. The number of nitrogens with zero attached hydrogens (tertiary/aromatic N) is 2. The molecule has 0 unspecified atom stereocenters. The predicted octanol–water partition coefficient (Wildman–Crippen LogP) is 5.02. The molecular weight excluding hydrogens is 364 g/mol. The summed E-state index contributed by atoms with van der Waals surface area (Å²) in [5.41, 5.74) is 3.11. The van der Waals surface area contributed by atoms with Crippen LogP contribution in [0.2, 0.25) is 5.02 Å². The van der Waals surface area contributed by atoms with Gasteiger partial charge >= 0.3 is 5.97 Å². The van der Waals surface area contributed by atoms with Crippen molar-refractivity contribution in [2.75, 3.05) is 17.7 Å². The fraction of sp³-hybridized carbons (Fsp3) is 0.150. The van der Waals surface area contributed by atoms with E-state index in [1.807, 2.05) is 38.1 Å². The second-order valence-electron chi connectivity index (χ2n) is 5.97. The number of aromatic nitrogens is 2. The molecule has 3 aromatic rings. The summed E-state index contributed by atoms with van der Waals surface area (Å²) in [5.74, 6) is 1.48. The molecule has 1 heterocycles. The van der Waals surface area contributed by atoms with E-state index in [1.165, 1.54) is 7.11 Å². The zero-order chi connectivity index (χ0) is 19.4. The number of hydrogen-bond donors (Lipinski definition) is 2. The van der Waals surface area contributed by atoms with Crippen molar-refractivity contribution in [3.63, 3.8) is 0 Å². The molecule has 7 heteroatoms. The number of aryl methyl sites for hydroxylation is 2. The van der Waals surface area contributed by atoms with E-state index in [1.54, 1.807) is 24.3 Å². The van der Waals surface area contributed by atoms with Gasteiger partial charge in [0.05, 0.1) is 12.7 Å². The van der Waals surface area contributed by atoms with Gasteiger partial charge < -0.3 is 15.4 Å². The Hall–Kier alpha value is -3.12. The van der Waals surface area contributed by atoms with Crippen LogP contribution in [0.1, 0.15) is 21.7 Å². The molecule has 0 radical (unpaired) electrons. The van der Waals surface area contributed by atoms with Crippen molar-refractivity contribution in [1.82, 2.24) is 9.97 Å². The van der Waals surface area contributed by atoms with E-state index in [2.05, 4.69) is 20.6 Å². The molecule has 2 aromatic carbocycles. The lowest BCUT2D eigenvalue weighted by Crippen LogP contribution is -2.04. The summed E-state index contributed by atoms with van der Waals surface area (Å²) in [6.45, 7) is 3.79. The number of carbonyl (C=O) groups excluding carboxylic acids is 1. The number of nitrogens with one attached hydrogen (secondary N) is 2. The fourth-order valence-corrected chi connectivity index (χ4v) is 2.82. The topological polar surface area (TPSA) is 76.1 Å². The highest BCUT2D eigenvalue weighted by atomic mass is 35.5. The van der Waals surface area contributed by atoms with Gasteiger partial charge in [0, 0.05) is 22.5 Å². The lowest BCUT2D eigenvalue weighted by atomic mass is 10.2. The average molecular weight is 383 g/mol. The van der Waals surface area contributed by atoms with Crippen molar-refractivity contribution in [1.29, 1.82) is 0 Å². The first-order valence-electron chi connectivity index (χ1n) is 8.29. The summed E-state index contributed by atoms with van der Waals surface area (Å²) in [7, 11) is 1.35. The predicted molar refractivity (Wildman–Crippen MR) is 107 cm³/mol. The molecule has 0 aliphatic carbocycles. The van der Waals surface area contributed by atoms with Crippen LogP contribution in [0.3, 0.4) is 0 Å². The Morgan fingerprint density at radius 1 is 1.00 bits per heavy atom. The maximum atomic E-state index is 11.7. The number of benzene rings is 2. The fourth-order valence-electron chi connectivity index (χ4n) is 2.59. The highest BCUT2D eigenvalue weighted by molar-refractivity contribution is 6.30. The van der Waals surface area contributed by atoms with E-state index in [4.69, 9.17) is 16.3 Å². The first kappa shape index (κ1) is 18.7. The molecule has 0 bridgehead atoms. The van der Waals surface area contributed by atoms with Gasteiger partial charge in [0.2, 0.25) is 0 Å². The van der Waals surface area contributed by atoms with Crippen LogP contribution in [-0.4, -0.2) is 23.0 Å². The molecule has 0 aliphatic rings. The van der Waals surface area contributed by atoms with Gasteiger partial charge in [-0.25, -0.2) is 14.8 Å². The summed E-state index contributed by atoms with van der Waals surface area (Å²) in [6, 6.07) is 14.4. The van der Waals surface area contributed by atoms with E-state index < -0.39 is 5.97 Å². The Bertz CT molecular complexity index is 991. The molecule has 138 valence electrons. The summed E-state index contributed by atoms with van der Waals surface area (Å²) in [5, 5.41) is 7.16. The molecule has 0 saturated heterocycles. The van der Waals surface area contributed by atoms with Crippen molar-refractivity contribution in [2.24, 2.45) is 0 Å². The monoisotopic (exact) mass is 382 g/mol. The van der Waals surface area contributed by atoms with E-state index in [-0.39, 0.29) is 0 Å². The van der Waals surface area contributed by atoms with Crippen LogP contribution in [0.15, 0.2) is 48.5 Å². The number of ether oxygens (including phenoxy) is 1. The van der Waals surface area contributed by atoms with Crippen LogP contribution in [0.4, 0.5) is 23.0 Å². The van der Waals surface area contributed by atoms with Crippen LogP contribution in [0.5, 0.6) is 0 Å². The molecule has 0 amide bonds. The van der Waals surface area contributed by atoms with Gasteiger partial charge in [0.25, 0.3) is 0 Å². The zero-order valence-corrected chi connectivity index (χ0v) is 16.0. The Labute approximate surface area is 162 Å². The molecule has 3 rings (SSSR count). The highest BCUT2D eigenvalue weighted by Gasteiger charge is 2.08. The molecule has 0 fully saturated rings. The molecule has 2 N–H and O–H groups in total. The molecular formula is C20H19ClN4O2. The Kier molecular flexibility index (Phi) is 5.57. The standard InChI is InChI=1S/C20H19ClN4O2/c1-12-9-15(21)7-8-17(12)25-19-11-18(22-13(2)23-19)24-16-6-4-5-14(10-16)20(26)27-3/h4-11H,1-3H3,(H2,22,23,24,25). The zero-order valence-electron chi connectivity index (χ0n) is 15.2. The van der Waals surface area contributed by atoms with Crippen molar-refractivity contribution in [3.8, 4) is 0 Å². The van der Waals surface area contributed by atoms with Gasteiger partial charge in [-0.05, 0) is 55.8 Å². The van der Waals surface area contributed by atoms with Crippen LogP contribution in [-0.2, 0) is 4.74 Å². The van der Waals surface area contributed by atoms with Crippen LogP contribution < -0.4 is 10.6 Å². The van der Waals surface area contributed by atoms with Gasteiger partial charge in [-0.3, -0.25) is 0 Å². The summed E-state index contributed by atoms with van der Waals surface area (Å²) in [4.78, 5) is 20.5. The van der Waals surface area contributed by atoms with Gasteiger partial charge in [-0.15, -0.1) is 0 Å². The van der Waals surface area contributed by atoms with Crippen LogP contribution in [0.25, 0.3) is 0 Å². The number of rotatable bonds is 5. The number of anilines is 4. The summed E-state index contributed by atoms with van der Waals surface area (Å²) < 4.78 is 4.75. The minimum atomic E-state index is -0.391. The highest BCUT2D eigenvalue weighted by Crippen LogP contribution is 2.25. The van der Waals surface area contributed by atoms with Gasteiger partial charge in [-0.2, -0.15) is 0 Å². The smallest absolute Gasteiger partial charge is 0.337 e. The number of halogens is 1. The normalized spacial score (nSPS) is 10.4. The molecule has 0 spiro atoms. The third-order valence-corrected chi connectivity index (χ3v) is 4.08.